The SMILES string of the molecule is CCOC(=O)c1coc(N2CC(c3ccccn3)C2)n1. The minimum Gasteiger partial charge on any atom is -0.461 e. The van der Waals surface area contributed by atoms with E-state index >= 15 is 0 Å². The Labute approximate surface area is 116 Å². The minimum absolute atomic E-state index is 0.211. The number of esters is 1. The quantitative estimate of drug-likeness (QED) is 0.792. The Bertz CT molecular complexity index is 591. The lowest BCUT2D eigenvalue weighted by Gasteiger charge is -2.37. The van der Waals surface area contributed by atoms with E-state index in [1.165, 1.54) is 6.26 Å². The molecule has 1 aliphatic rings. The van der Waals surface area contributed by atoms with Crippen molar-refractivity contribution in [2.24, 2.45) is 0 Å². The number of carbonyl (C=O) groups is 1. The fourth-order valence-electron chi connectivity index (χ4n) is 2.15. The molecule has 1 saturated heterocycles. The van der Waals surface area contributed by atoms with Crippen LogP contribution in [-0.4, -0.2) is 35.6 Å². The molecule has 0 atom stereocenters. The standard InChI is InChI=1S/C14H15N3O3/c1-2-19-13(18)12-9-20-14(16-12)17-7-10(8-17)11-5-3-4-6-15-11/h3-6,9-10H,2,7-8H2,1H3. The zero-order valence-electron chi connectivity index (χ0n) is 11.2. The van der Waals surface area contributed by atoms with Gasteiger partial charge in [0.15, 0.2) is 5.69 Å². The largest absolute Gasteiger partial charge is 0.461 e. The second kappa shape index (κ2) is 5.32. The number of pyridine rings is 1. The van der Waals surface area contributed by atoms with E-state index in [2.05, 4.69) is 9.97 Å². The molecule has 0 radical (unpaired) electrons. The molecule has 0 spiro atoms. The third-order valence-corrected chi connectivity index (χ3v) is 3.23. The lowest BCUT2D eigenvalue weighted by atomic mass is 9.96. The van der Waals surface area contributed by atoms with Crippen molar-refractivity contribution in [2.45, 2.75) is 12.8 Å². The molecule has 0 aliphatic carbocycles. The van der Waals surface area contributed by atoms with Gasteiger partial charge in [0.1, 0.15) is 6.26 Å². The van der Waals surface area contributed by atoms with Crippen LogP contribution < -0.4 is 4.90 Å². The summed E-state index contributed by atoms with van der Waals surface area (Å²) in [5, 5.41) is 0. The Hall–Kier alpha value is -2.37. The molecule has 104 valence electrons. The number of ether oxygens (including phenoxy) is 1. The summed E-state index contributed by atoms with van der Waals surface area (Å²) in [5.41, 5.74) is 1.28. The van der Waals surface area contributed by atoms with Crippen molar-refractivity contribution in [3.05, 3.63) is 42.0 Å². The first kappa shape index (κ1) is 12.7. The molecule has 0 amide bonds. The maximum absolute atomic E-state index is 11.5. The smallest absolute Gasteiger partial charge is 0.360 e. The molecule has 0 N–H and O–H groups in total. The van der Waals surface area contributed by atoms with Crippen molar-refractivity contribution >= 4 is 12.0 Å². The average Bonchev–Trinajstić information content (AvgIpc) is 2.88. The van der Waals surface area contributed by atoms with Gasteiger partial charge < -0.3 is 14.1 Å². The van der Waals surface area contributed by atoms with Crippen LogP contribution in [0.15, 0.2) is 35.1 Å². The maximum atomic E-state index is 11.5. The predicted molar refractivity (Wildman–Crippen MR) is 71.7 cm³/mol. The monoisotopic (exact) mass is 273 g/mol. The summed E-state index contributed by atoms with van der Waals surface area (Å²) in [6.45, 7) is 3.66. The topological polar surface area (TPSA) is 68.5 Å². The third-order valence-electron chi connectivity index (χ3n) is 3.23. The van der Waals surface area contributed by atoms with Gasteiger partial charge in [-0.25, -0.2) is 4.79 Å². The Morgan fingerprint density at radius 2 is 2.35 bits per heavy atom. The fraction of sp³-hybridized carbons (Fsp3) is 0.357. The summed E-state index contributed by atoms with van der Waals surface area (Å²) in [6, 6.07) is 6.36. The Morgan fingerprint density at radius 3 is 3.05 bits per heavy atom. The molecule has 1 aliphatic heterocycles. The number of aromatic nitrogens is 2. The Morgan fingerprint density at radius 1 is 1.50 bits per heavy atom. The van der Waals surface area contributed by atoms with Crippen LogP contribution in [0.1, 0.15) is 29.0 Å². The molecule has 6 nitrogen and oxygen atoms in total. The van der Waals surface area contributed by atoms with Crippen molar-refractivity contribution in [3.63, 3.8) is 0 Å². The lowest BCUT2D eigenvalue weighted by Crippen LogP contribution is -2.45. The molecule has 0 bridgehead atoms. The highest BCUT2D eigenvalue weighted by atomic mass is 16.5. The zero-order chi connectivity index (χ0) is 13.9. The van der Waals surface area contributed by atoms with Gasteiger partial charge in [-0.1, -0.05) is 6.07 Å². The molecule has 1 fully saturated rings. The van der Waals surface area contributed by atoms with Gasteiger partial charge >= 0.3 is 5.97 Å². The molecular formula is C14H15N3O3. The maximum Gasteiger partial charge on any atom is 0.360 e. The zero-order valence-corrected chi connectivity index (χ0v) is 11.2. The fourth-order valence-corrected chi connectivity index (χ4v) is 2.15. The summed E-state index contributed by atoms with van der Waals surface area (Å²) in [7, 11) is 0. The Kier molecular flexibility index (Phi) is 3.37. The van der Waals surface area contributed by atoms with Crippen LogP contribution in [0, 0.1) is 0 Å². The minimum atomic E-state index is -0.454. The van der Waals surface area contributed by atoms with E-state index in [0.29, 0.717) is 18.5 Å². The van der Waals surface area contributed by atoms with Crippen LogP contribution in [0.5, 0.6) is 0 Å². The van der Waals surface area contributed by atoms with E-state index in [-0.39, 0.29) is 5.69 Å². The first-order valence-corrected chi connectivity index (χ1v) is 6.56. The van der Waals surface area contributed by atoms with Crippen molar-refractivity contribution in [2.75, 3.05) is 24.6 Å². The van der Waals surface area contributed by atoms with Gasteiger partial charge in [0.05, 0.1) is 6.61 Å². The highest BCUT2D eigenvalue weighted by Crippen LogP contribution is 2.29. The molecule has 3 heterocycles. The number of carbonyl (C=O) groups excluding carboxylic acids is 1. The first-order valence-electron chi connectivity index (χ1n) is 6.56. The van der Waals surface area contributed by atoms with Gasteiger partial charge in [-0.3, -0.25) is 4.98 Å². The van der Waals surface area contributed by atoms with Crippen LogP contribution in [0.25, 0.3) is 0 Å². The second-order valence-corrected chi connectivity index (χ2v) is 4.59. The van der Waals surface area contributed by atoms with E-state index < -0.39 is 5.97 Å². The van der Waals surface area contributed by atoms with Crippen LogP contribution in [0.4, 0.5) is 6.01 Å². The summed E-state index contributed by atoms with van der Waals surface area (Å²) in [5.74, 6) is -0.0709. The van der Waals surface area contributed by atoms with Gasteiger partial charge in [-0.15, -0.1) is 0 Å². The summed E-state index contributed by atoms with van der Waals surface area (Å²) < 4.78 is 10.2. The van der Waals surface area contributed by atoms with Gasteiger partial charge in [0, 0.05) is 30.9 Å². The van der Waals surface area contributed by atoms with Crippen LogP contribution in [0.3, 0.4) is 0 Å². The van der Waals surface area contributed by atoms with E-state index in [4.69, 9.17) is 9.15 Å². The molecular weight excluding hydrogens is 258 g/mol. The number of anilines is 1. The van der Waals surface area contributed by atoms with Crippen LogP contribution >= 0.6 is 0 Å². The third kappa shape index (κ3) is 2.36. The normalized spacial score (nSPS) is 14.9. The van der Waals surface area contributed by atoms with Crippen LogP contribution in [0.2, 0.25) is 0 Å². The number of rotatable bonds is 4. The van der Waals surface area contributed by atoms with Gasteiger partial charge in [0.2, 0.25) is 0 Å². The van der Waals surface area contributed by atoms with Crippen molar-refractivity contribution < 1.29 is 13.9 Å². The summed E-state index contributed by atoms with van der Waals surface area (Å²) in [4.78, 5) is 22.0. The molecule has 20 heavy (non-hydrogen) atoms. The average molecular weight is 273 g/mol. The molecule has 2 aromatic heterocycles. The first-order chi connectivity index (χ1) is 9.78. The molecule has 6 heteroatoms. The highest BCUT2D eigenvalue weighted by molar-refractivity contribution is 5.87. The number of oxazole rings is 1. The van der Waals surface area contributed by atoms with E-state index in [0.717, 1.165) is 18.8 Å². The van der Waals surface area contributed by atoms with Crippen molar-refractivity contribution in [1.82, 2.24) is 9.97 Å². The number of hydrogen-bond acceptors (Lipinski definition) is 6. The van der Waals surface area contributed by atoms with Gasteiger partial charge in [-0.2, -0.15) is 4.98 Å². The van der Waals surface area contributed by atoms with Gasteiger partial charge in [-0.05, 0) is 19.1 Å². The molecule has 0 saturated carbocycles. The highest BCUT2D eigenvalue weighted by Gasteiger charge is 2.32. The van der Waals surface area contributed by atoms with Crippen LogP contribution in [-0.2, 0) is 4.74 Å². The molecule has 0 aromatic carbocycles. The second-order valence-electron chi connectivity index (χ2n) is 4.59. The lowest BCUT2D eigenvalue weighted by molar-refractivity contribution is 0.0519. The summed E-state index contributed by atoms with van der Waals surface area (Å²) >= 11 is 0. The van der Waals surface area contributed by atoms with Crippen molar-refractivity contribution in [3.8, 4) is 0 Å². The van der Waals surface area contributed by atoms with E-state index in [1.807, 2.05) is 23.1 Å². The molecule has 2 aromatic rings. The van der Waals surface area contributed by atoms with E-state index in [1.54, 1.807) is 13.1 Å². The number of nitrogens with zero attached hydrogens (tertiary/aromatic N) is 3. The predicted octanol–water partition coefficient (Wildman–Crippen LogP) is 1.85. The summed E-state index contributed by atoms with van der Waals surface area (Å²) in [6.07, 6.45) is 3.13. The van der Waals surface area contributed by atoms with E-state index in [9.17, 15) is 4.79 Å². The molecule has 3 rings (SSSR count). The molecule has 0 unspecified atom stereocenters. The van der Waals surface area contributed by atoms with Crippen molar-refractivity contribution in [1.29, 1.82) is 0 Å². The Balaban J connectivity index is 1.61. The van der Waals surface area contributed by atoms with Gasteiger partial charge in [0.25, 0.3) is 6.01 Å². The number of hydrogen-bond donors (Lipinski definition) is 0.